The molecular formula is C14H28ClNO2. The second kappa shape index (κ2) is 8.76. The average Bonchev–Trinajstić information content (AvgIpc) is 2.27. The molecule has 0 saturated heterocycles. The maximum Gasteiger partial charge on any atom is 0.222 e. The van der Waals surface area contributed by atoms with Crippen LogP contribution in [-0.4, -0.2) is 43.0 Å². The van der Waals surface area contributed by atoms with Gasteiger partial charge in [0.15, 0.2) is 0 Å². The van der Waals surface area contributed by atoms with E-state index in [-0.39, 0.29) is 11.3 Å². The number of hydrogen-bond donors (Lipinski definition) is 0. The molecule has 0 aliphatic heterocycles. The average molecular weight is 278 g/mol. The van der Waals surface area contributed by atoms with E-state index in [1.165, 1.54) is 0 Å². The topological polar surface area (TPSA) is 29.5 Å². The highest BCUT2D eigenvalue weighted by atomic mass is 35.5. The van der Waals surface area contributed by atoms with Crippen molar-refractivity contribution in [3.05, 3.63) is 0 Å². The van der Waals surface area contributed by atoms with Crippen molar-refractivity contribution >= 4 is 17.5 Å². The van der Waals surface area contributed by atoms with E-state index in [0.29, 0.717) is 38.0 Å². The second-order valence-electron chi connectivity index (χ2n) is 5.75. The molecule has 1 unspecified atom stereocenters. The molecule has 0 aliphatic carbocycles. The van der Waals surface area contributed by atoms with Gasteiger partial charge < -0.3 is 9.64 Å². The number of hydrogen-bond acceptors (Lipinski definition) is 2. The normalized spacial score (nSPS) is 13.4. The molecule has 0 spiro atoms. The third-order valence-electron chi connectivity index (χ3n) is 3.42. The maximum absolute atomic E-state index is 12.1. The number of halogens is 1. The van der Waals surface area contributed by atoms with Crippen molar-refractivity contribution < 1.29 is 9.53 Å². The summed E-state index contributed by atoms with van der Waals surface area (Å²) in [6.07, 6.45) is 0.604. The smallest absolute Gasteiger partial charge is 0.222 e. The van der Waals surface area contributed by atoms with Crippen LogP contribution in [0.25, 0.3) is 0 Å². The molecule has 0 bridgehead atoms. The summed E-state index contributed by atoms with van der Waals surface area (Å²) in [5.74, 6) is 1.10. The highest BCUT2D eigenvalue weighted by molar-refractivity contribution is 6.17. The number of rotatable bonds is 8. The molecule has 0 heterocycles. The van der Waals surface area contributed by atoms with Crippen LogP contribution >= 0.6 is 11.6 Å². The zero-order chi connectivity index (χ0) is 14.2. The Morgan fingerprint density at radius 1 is 1.33 bits per heavy atom. The molecule has 0 N–H and O–H groups in total. The zero-order valence-corrected chi connectivity index (χ0v) is 13.2. The lowest BCUT2D eigenvalue weighted by molar-refractivity contribution is -0.133. The van der Waals surface area contributed by atoms with E-state index >= 15 is 0 Å². The van der Waals surface area contributed by atoms with Crippen LogP contribution in [0.5, 0.6) is 0 Å². The zero-order valence-electron chi connectivity index (χ0n) is 12.5. The van der Waals surface area contributed by atoms with Crippen LogP contribution in [0.3, 0.4) is 0 Å². The van der Waals surface area contributed by atoms with Crippen LogP contribution in [0.15, 0.2) is 0 Å². The van der Waals surface area contributed by atoms with Crippen LogP contribution in [0.1, 0.15) is 41.0 Å². The molecular weight excluding hydrogens is 250 g/mol. The summed E-state index contributed by atoms with van der Waals surface area (Å²) in [6, 6.07) is 0. The van der Waals surface area contributed by atoms with Gasteiger partial charge in [0.25, 0.3) is 0 Å². The molecule has 4 heteroatoms. The molecule has 0 aromatic heterocycles. The van der Waals surface area contributed by atoms with E-state index in [1.807, 2.05) is 11.8 Å². The summed E-state index contributed by atoms with van der Waals surface area (Å²) < 4.78 is 5.31. The minimum atomic E-state index is 0.171. The maximum atomic E-state index is 12.1. The van der Waals surface area contributed by atoms with Crippen molar-refractivity contribution in [2.75, 3.05) is 32.2 Å². The fourth-order valence-electron chi connectivity index (χ4n) is 1.49. The lowest BCUT2D eigenvalue weighted by Crippen LogP contribution is -2.36. The highest BCUT2D eigenvalue weighted by Gasteiger charge is 2.24. The lowest BCUT2D eigenvalue weighted by atomic mass is 9.80. The van der Waals surface area contributed by atoms with Crippen LogP contribution < -0.4 is 0 Å². The number of amides is 1. The summed E-state index contributed by atoms with van der Waals surface area (Å²) in [5.41, 5.74) is 0.171. The third-order valence-corrected chi connectivity index (χ3v) is 3.57. The van der Waals surface area contributed by atoms with Gasteiger partial charge in [-0.2, -0.15) is 0 Å². The number of ether oxygens (including phenoxy) is 1. The number of carbonyl (C=O) groups is 1. The standard InChI is InChI=1S/C14H28ClNO2/c1-6-16(8-10-18-9-7-15)13(17)11-12(2)14(3,4)5/h12H,6-11H2,1-5H3. The first-order chi connectivity index (χ1) is 8.32. The molecule has 0 aromatic carbocycles. The molecule has 18 heavy (non-hydrogen) atoms. The van der Waals surface area contributed by atoms with E-state index in [1.54, 1.807) is 0 Å². The number of carbonyl (C=O) groups excluding carboxylic acids is 1. The number of nitrogens with zero attached hydrogens (tertiary/aromatic N) is 1. The van der Waals surface area contributed by atoms with E-state index in [2.05, 4.69) is 27.7 Å². The van der Waals surface area contributed by atoms with Gasteiger partial charge in [-0.1, -0.05) is 27.7 Å². The van der Waals surface area contributed by atoms with Crippen molar-refractivity contribution in [3.8, 4) is 0 Å². The predicted octanol–water partition coefficient (Wildman–Crippen LogP) is 3.16. The minimum absolute atomic E-state index is 0.171. The van der Waals surface area contributed by atoms with Gasteiger partial charge >= 0.3 is 0 Å². The van der Waals surface area contributed by atoms with Crippen molar-refractivity contribution in [2.24, 2.45) is 11.3 Å². The molecule has 3 nitrogen and oxygen atoms in total. The van der Waals surface area contributed by atoms with Gasteiger partial charge in [-0.3, -0.25) is 4.79 Å². The molecule has 0 saturated carbocycles. The van der Waals surface area contributed by atoms with Crippen molar-refractivity contribution in [1.82, 2.24) is 4.90 Å². The molecule has 0 aliphatic rings. The Balaban J connectivity index is 4.10. The first kappa shape index (κ1) is 17.7. The van der Waals surface area contributed by atoms with E-state index < -0.39 is 0 Å². The second-order valence-corrected chi connectivity index (χ2v) is 6.12. The summed E-state index contributed by atoms with van der Waals surface area (Å²) in [4.78, 5) is 14.0. The minimum Gasteiger partial charge on any atom is -0.378 e. The Labute approximate surface area is 117 Å². The molecule has 0 rings (SSSR count). The summed E-state index contributed by atoms with van der Waals surface area (Å²) in [5, 5.41) is 0. The Kier molecular flexibility index (Phi) is 8.62. The molecule has 108 valence electrons. The molecule has 0 aromatic rings. The van der Waals surface area contributed by atoms with Gasteiger partial charge in [0.2, 0.25) is 5.91 Å². The molecule has 0 radical (unpaired) electrons. The first-order valence-corrected chi connectivity index (χ1v) is 7.27. The fraction of sp³-hybridized carbons (Fsp3) is 0.929. The van der Waals surface area contributed by atoms with Crippen LogP contribution in [0.4, 0.5) is 0 Å². The van der Waals surface area contributed by atoms with E-state index in [4.69, 9.17) is 16.3 Å². The Hall–Kier alpha value is -0.280. The first-order valence-electron chi connectivity index (χ1n) is 6.74. The molecule has 1 amide bonds. The SMILES string of the molecule is CCN(CCOCCCl)C(=O)CC(C)C(C)(C)C. The van der Waals surface area contributed by atoms with Crippen LogP contribution in [0, 0.1) is 11.3 Å². The Bertz CT molecular complexity index is 238. The summed E-state index contributed by atoms with van der Waals surface area (Å²) in [7, 11) is 0. The van der Waals surface area contributed by atoms with E-state index in [9.17, 15) is 4.79 Å². The summed E-state index contributed by atoms with van der Waals surface area (Å²) >= 11 is 5.53. The van der Waals surface area contributed by atoms with Crippen LogP contribution in [0.2, 0.25) is 0 Å². The molecule has 1 atom stereocenters. The van der Waals surface area contributed by atoms with Crippen LogP contribution in [-0.2, 0) is 9.53 Å². The van der Waals surface area contributed by atoms with Gasteiger partial charge in [-0.05, 0) is 18.3 Å². The van der Waals surface area contributed by atoms with Gasteiger partial charge in [0.05, 0.1) is 13.2 Å². The van der Waals surface area contributed by atoms with Gasteiger partial charge in [0.1, 0.15) is 0 Å². The van der Waals surface area contributed by atoms with Crippen molar-refractivity contribution in [1.29, 1.82) is 0 Å². The van der Waals surface area contributed by atoms with Gasteiger partial charge in [-0.25, -0.2) is 0 Å². The van der Waals surface area contributed by atoms with Gasteiger partial charge in [-0.15, -0.1) is 11.6 Å². The summed E-state index contributed by atoms with van der Waals surface area (Å²) in [6.45, 7) is 13.2. The fourth-order valence-corrected chi connectivity index (χ4v) is 1.60. The van der Waals surface area contributed by atoms with Crippen molar-refractivity contribution in [2.45, 2.75) is 41.0 Å². The largest absolute Gasteiger partial charge is 0.378 e. The molecule has 0 fully saturated rings. The van der Waals surface area contributed by atoms with Crippen molar-refractivity contribution in [3.63, 3.8) is 0 Å². The van der Waals surface area contributed by atoms with Gasteiger partial charge in [0, 0.05) is 25.4 Å². The predicted molar refractivity (Wildman–Crippen MR) is 77.0 cm³/mol. The lowest BCUT2D eigenvalue weighted by Gasteiger charge is -2.29. The Morgan fingerprint density at radius 2 is 1.94 bits per heavy atom. The number of likely N-dealkylation sites (N-methyl/N-ethyl adjacent to an activating group) is 1. The number of alkyl halides is 1. The monoisotopic (exact) mass is 277 g/mol. The quantitative estimate of drug-likeness (QED) is 0.504. The highest BCUT2D eigenvalue weighted by Crippen LogP contribution is 2.28. The Morgan fingerprint density at radius 3 is 2.39 bits per heavy atom. The third kappa shape index (κ3) is 7.22. The van der Waals surface area contributed by atoms with E-state index in [0.717, 1.165) is 6.54 Å².